The van der Waals surface area contributed by atoms with Crippen molar-refractivity contribution >= 4 is 25.3 Å². The second kappa shape index (κ2) is 7.42. The van der Waals surface area contributed by atoms with Crippen LogP contribution in [0, 0.1) is 0 Å². The van der Waals surface area contributed by atoms with Crippen LogP contribution in [0.25, 0.3) is 0 Å². The lowest BCUT2D eigenvalue weighted by Gasteiger charge is -2.01. The highest BCUT2D eigenvalue weighted by molar-refractivity contribution is 7.97. The van der Waals surface area contributed by atoms with E-state index in [0.717, 1.165) is 11.5 Å². The maximum Gasteiger partial charge on any atom is 0.0187 e. The molecule has 0 aliphatic rings. The summed E-state index contributed by atoms with van der Waals surface area (Å²) in [5.74, 6) is 2.19. The molecule has 0 atom stereocenters. The number of rotatable bonds is 4. The van der Waals surface area contributed by atoms with Crippen molar-refractivity contribution in [2.75, 3.05) is 0 Å². The van der Waals surface area contributed by atoms with Gasteiger partial charge >= 0.3 is 0 Å². The van der Waals surface area contributed by atoms with Crippen molar-refractivity contribution in [3.63, 3.8) is 0 Å². The highest BCUT2D eigenvalue weighted by Gasteiger charge is 1.93. The van der Waals surface area contributed by atoms with E-state index in [1.807, 2.05) is 11.8 Å². The summed E-state index contributed by atoms with van der Waals surface area (Å²) in [6.45, 7) is 0. The van der Waals surface area contributed by atoms with Gasteiger partial charge in [-0.3, -0.25) is 0 Å². The summed E-state index contributed by atoms with van der Waals surface area (Å²) >= 11 is 1.96. The predicted molar refractivity (Wildman–Crippen MR) is 78.3 cm³/mol. The van der Waals surface area contributed by atoms with Crippen LogP contribution in [0.2, 0.25) is 0 Å². The van der Waals surface area contributed by atoms with Crippen molar-refractivity contribution in [1.29, 1.82) is 0 Å². The normalized spacial score (nSPS) is 9.50. The van der Waals surface area contributed by atoms with Crippen LogP contribution in [-0.2, 0) is 11.5 Å². The Kier molecular flexibility index (Phi) is 6.12. The summed E-state index contributed by atoms with van der Waals surface area (Å²) in [5, 5.41) is 0. The molecule has 0 saturated heterocycles. The summed E-state index contributed by atoms with van der Waals surface area (Å²) in [5.41, 5.74) is 2.80. The van der Waals surface area contributed by atoms with E-state index in [2.05, 4.69) is 60.7 Å². The first-order valence-electron chi connectivity index (χ1n) is 5.11. The van der Waals surface area contributed by atoms with Crippen LogP contribution in [-0.4, -0.2) is 0 Å². The van der Waals surface area contributed by atoms with Gasteiger partial charge in [-0.1, -0.05) is 60.7 Å². The average molecular weight is 248 g/mol. The Bertz CT molecular complexity index is 344. The molecule has 0 amide bonds. The van der Waals surface area contributed by atoms with Gasteiger partial charge in [-0.15, -0.1) is 0 Å². The number of thioether (sulfide) groups is 1. The summed E-state index contributed by atoms with van der Waals surface area (Å²) in [4.78, 5) is 0. The second-order valence-electron chi connectivity index (χ2n) is 3.46. The molecule has 0 aliphatic heterocycles. The van der Waals surface area contributed by atoms with Crippen LogP contribution in [0.1, 0.15) is 11.1 Å². The third-order valence-corrected chi connectivity index (χ3v) is 3.30. The zero-order chi connectivity index (χ0) is 10.3. The molecule has 0 bridgehead atoms. The first kappa shape index (κ1) is 13.2. The highest BCUT2D eigenvalue weighted by Crippen LogP contribution is 2.17. The Balaban J connectivity index is 0.00000128. The molecule has 2 rings (SSSR count). The van der Waals surface area contributed by atoms with Gasteiger partial charge in [-0.05, 0) is 11.1 Å². The molecule has 0 fully saturated rings. The minimum Gasteiger partial charge on any atom is -0.197 e. The SMILES string of the molecule is S.c1ccc(CSCc2ccccc2)cc1. The second-order valence-corrected chi connectivity index (χ2v) is 4.45. The molecule has 16 heavy (non-hydrogen) atoms. The average Bonchev–Trinajstić information content (AvgIpc) is 2.32. The van der Waals surface area contributed by atoms with Crippen LogP contribution in [0.4, 0.5) is 0 Å². The first-order valence-corrected chi connectivity index (χ1v) is 6.26. The molecule has 0 radical (unpaired) electrons. The van der Waals surface area contributed by atoms with E-state index in [4.69, 9.17) is 0 Å². The quantitative estimate of drug-likeness (QED) is 0.780. The van der Waals surface area contributed by atoms with Crippen molar-refractivity contribution in [3.8, 4) is 0 Å². The molecule has 0 nitrogen and oxygen atoms in total. The topological polar surface area (TPSA) is 0 Å². The van der Waals surface area contributed by atoms with Gasteiger partial charge in [0.2, 0.25) is 0 Å². The van der Waals surface area contributed by atoms with E-state index in [-0.39, 0.29) is 13.5 Å². The van der Waals surface area contributed by atoms with E-state index >= 15 is 0 Å². The van der Waals surface area contributed by atoms with E-state index in [1.54, 1.807) is 0 Å². The minimum absolute atomic E-state index is 0. The van der Waals surface area contributed by atoms with Crippen LogP contribution < -0.4 is 0 Å². The lowest BCUT2D eigenvalue weighted by atomic mass is 10.2. The van der Waals surface area contributed by atoms with Gasteiger partial charge in [-0.2, -0.15) is 25.3 Å². The van der Waals surface area contributed by atoms with Gasteiger partial charge in [-0.25, -0.2) is 0 Å². The van der Waals surface area contributed by atoms with Gasteiger partial charge in [0, 0.05) is 11.5 Å². The predicted octanol–water partition coefficient (Wildman–Crippen LogP) is 4.23. The molecule has 84 valence electrons. The van der Waals surface area contributed by atoms with E-state index in [0.29, 0.717) is 0 Å². The smallest absolute Gasteiger partial charge is 0.0187 e. The monoisotopic (exact) mass is 248 g/mol. The number of benzene rings is 2. The van der Waals surface area contributed by atoms with E-state index < -0.39 is 0 Å². The van der Waals surface area contributed by atoms with Crippen molar-refractivity contribution < 1.29 is 0 Å². The van der Waals surface area contributed by atoms with Crippen molar-refractivity contribution in [3.05, 3.63) is 71.8 Å². The Hall–Kier alpha value is -0.860. The van der Waals surface area contributed by atoms with Crippen LogP contribution in [0.3, 0.4) is 0 Å². The highest BCUT2D eigenvalue weighted by atomic mass is 32.2. The third-order valence-electron chi connectivity index (χ3n) is 2.22. The summed E-state index contributed by atoms with van der Waals surface area (Å²) in [6.07, 6.45) is 0. The Morgan fingerprint density at radius 3 is 1.38 bits per heavy atom. The first-order chi connectivity index (χ1) is 7.45. The molecule has 2 aromatic carbocycles. The fraction of sp³-hybridized carbons (Fsp3) is 0.143. The van der Waals surface area contributed by atoms with E-state index in [1.165, 1.54) is 11.1 Å². The summed E-state index contributed by atoms with van der Waals surface area (Å²) in [7, 11) is 0. The maximum absolute atomic E-state index is 2.18. The largest absolute Gasteiger partial charge is 0.197 e. The van der Waals surface area contributed by atoms with Gasteiger partial charge in [0.1, 0.15) is 0 Å². The Morgan fingerprint density at radius 2 is 1.00 bits per heavy atom. The van der Waals surface area contributed by atoms with Crippen LogP contribution in [0.15, 0.2) is 60.7 Å². The summed E-state index contributed by atoms with van der Waals surface area (Å²) < 4.78 is 0. The van der Waals surface area contributed by atoms with Crippen molar-refractivity contribution in [2.24, 2.45) is 0 Å². The van der Waals surface area contributed by atoms with Gasteiger partial charge in [0.25, 0.3) is 0 Å². The standard InChI is InChI=1S/C14H14S.H2S/c1-3-7-13(8-4-1)11-15-12-14-9-5-2-6-10-14;/h1-10H,11-12H2;1H2. The molecule has 0 unspecified atom stereocenters. The Morgan fingerprint density at radius 1 is 0.625 bits per heavy atom. The molecule has 2 heteroatoms. The number of hydrogen-bond donors (Lipinski definition) is 0. The zero-order valence-corrected chi connectivity index (χ0v) is 10.9. The molecule has 2 aromatic rings. The zero-order valence-electron chi connectivity index (χ0n) is 9.10. The van der Waals surface area contributed by atoms with Crippen molar-refractivity contribution in [1.82, 2.24) is 0 Å². The molecule has 0 heterocycles. The fourth-order valence-corrected chi connectivity index (χ4v) is 2.39. The molecule has 0 spiro atoms. The number of hydrogen-bond acceptors (Lipinski definition) is 1. The van der Waals surface area contributed by atoms with Gasteiger partial charge in [0.05, 0.1) is 0 Å². The summed E-state index contributed by atoms with van der Waals surface area (Å²) in [6, 6.07) is 21.2. The molecule has 0 saturated carbocycles. The third kappa shape index (κ3) is 4.33. The van der Waals surface area contributed by atoms with Gasteiger partial charge < -0.3 is 0 Å². The molecule has 0 N–H and O–H groups in total. The molecule has 0 aliphatic carbocycles. The van der Waals surface area contributed by atoms with Gasteiger partial charge in [0.15, 0.2) is 0 Å². The molecular formula is C14H16S2. The molecular weight excluding hydrogens is 232 g/mol. The lowest BCUT2D eigenvalue weighted by molar-refractivity contribution is 1.36. The fourth-order valence-electron chi connectivity index (χ4n) is 1.44. The minimum atomic E-state index is 0. The maximum atomic E-state index is 2.18. The van der Waals surface area contributed by atoms with Crippen LogP contribution in [0.5, 0.6) is 0 Å². The van der Waals surface area contributed by atoms with Crippen LogP contribution >= 0.6 is 25.3 Å². The molecule has 0 aromatic heterocycles. The van der Waals surface area contributed by atoms with Crippen molar-refractivity contribution in [2.45, 2.75) is 11.5 Å². The Labute approximate surface area is 109 Å². The lowest BCUT2D eigenvalue weighted by Crippen LogP contribution is -1.82. The van der Waals surface area contributed by atoms with E-state index in [9.17, 15) is 0 Å².